The van der Waals surface area contributed by atoms with E-state index in [1.165, 1.54) is 36.8 Å². The molecule has 2 nitrogen and oxygen atoms in total. The van der Waals surface area contributed by atoms with E-state index in [4.69, 9.17) is 0 Å². The van der Waals surface area contributed by atoms with Crippen LogP contribution in [0.3, 0.4) is 0 Å². The number of hydrogen-bond acceptors (Lipinski definition) is 2. The van der Waals surface area contributed by atoms with Gasteiger partial charge in [0.1, 0.15) is 0 Å². The van der Waals surface area contributed by atoms with Crippen LogP contribution >= 0.6 is 0 Å². The molecule has 0 atom stereocenters. The quantitative estimate of drug-likeness (QED) is 0.812. The third-order valence-corrected chi connectivity index (χ3v) is 3.95. The molecule has 0 bridgehead atoms. The van der Waals surface area contributed by atoms with Crippen molar-refractivity contribution in [1.82, 2.24) is 10.3 Å². The van der Waals surface area contributed by atoms with Gasteiger partial charge in [0, 0.05) is 11.6 Å². The van der Waals surface area contributed by atoms with Crippen LogP contribution in [0.4, 0.5) is 0 Å². The molecule has 18 heavy (non-hydrogen) atoms. The number of nitrogens with zero attached hydrogens (tertiary/aromatic N) is 1. The fraction of sp³-hybridized carbons (Fsp3) is 0.438. The number of rotatable bonds is 5. The summed E-state index contributed by atoms with van der Waals surface area (Å²) < 4.78 is 0. The maximum absolute atomic E-state index is 4.49. The highest BCUT2D eigenvalue weighted by Gasteiger charge is 2.16. The Bertz CT molecular complexity index is 512. The number of pyridine rings is 1. The molecule has 2 aromatic rings. The summed E-state index contributed by atoms with van der Waals surface area (Å²) in [7, 11) is 0. The lowest BCUT2D eigenvalue weighted by atomic mass is 9.85. The Labute approximate surface area is 108 Å². The van der Waals surface area contributed by atoms with Crippen molar-refractivity contribution in [2.75, 3.05) is 13.1 Å². The zero-order chi connectivity index (χ0) is 12.2. The van der Waals surface area contributed by atoms with Gasteiger partial charge in [-0.1, -0.05) is 30.7 Å². The van der Waals surface area contributed by atoms with Crippen LogP contribution in [0.15, 0.2) is 36.5 Å². The first-order valence-electron chi connectivity index (χ1n) is 6.97. The van der Waals surface area contributed by atoms with E-state index >= 15 is 0 Å². The molecule has 1 aromatic carbocycles. The molecule has 1 saturated carbocycles. The SMILES string of the molecule is c1cnc2c(CCNCC3CCC3)cccc2c1. The molecule has 0 aliphatic heterocycles. The van der Waals surface area contributed by atoms with Crippen molar-refractivity contribution < 1.29 is 0 Å². The van der Waals surface area contributed by atoms with Crippen molar-refractivity contribution in [2.24, 2.45) is 5.92 Å². The standard InChI is InChI=1S/C16H20N2/c1-4-13(5-1)12-17-11-9-15-7-2-6-14-8-3-10-18-16(14)15/h2-3,6-8,10,13,17H,1,4-5,9,11-12H2. The predicted molar refractivity (Wildman–Crippen MR) is 75.7 cm³/mol. The van der Waals surface area contributed by atoms with Crippen LogP contribution < -0.4 is 5.32 Å². The first-order chi connectivity index (χ1) is 8.93. The first-order valence-corrected chi connectivity index (χ1v) is 6.97. The zero-order valence-corrected chi connectivity index (χ0v) is 10.7. The molecule has 3 rings (SSSR count). The van der Waals surface area contributed by atoms with E-state index < -0.39 is 0 Å². The maximum atomic E-state index is 4.49. The van der Waals surface area contributed by atoms with Crippen LogP contribution in [0, 0.1) is 5.92 Å². The van der Waals surface area contributed by atoms with Crippen molar-refractivity contribution in [3.05, 3.63) is 42.1 Å². The minimum atomic E-state index is 0.940. The van der Waals surface area contributed by atoms with Gasteiger partial charge in [-0.15, -0.1) is 0 Å². The molecule has 1 aliphatic carbocycles. The highest BCUT2D eigenvalue weighted by molar-refractivity contribution is 5.81. The van der Waals surface area contributed by atoms with Gasteiger partial charge in [0.15, 0.2) is 0 Å². The van der Waals surface area contributed by atoms with Gasteiger partial charge in [0.25, 0.3) is 0 Å². The summed E-state index contributed by atoms with van der Waals surface area (Å²) in [6.07, 6.45) is 7.22. The van der Waals surface area contributed by atoms with Crippen LogP contribution in [-0.2, 0) is 6.42 Å². The Kier molecular flexibility index (Phi) is 3.56. The van der Waals surface area contributed by atoms with Crippen molar-refractivity contribution in [2.45, 2.75) is 25.7 Å². The van der Waals surface area contributed by atoms with Crippen molar-refractivity contribution >= 4 is 10.9 Å². The van der Waals surface area contributed by atoms with Crippen LogP contribution in [0.2, 0.25) is 0 Å². The Balaban J connectivity index is 1.59. The lowest BCUT2D eigenvalue weighted by Crippen LogP contribution is -2.28. The van der Waals surface area contributed by atoms with Crippen molar-refractivity contribution in [1.29, 1.82) is 0 Å². The zero-order valence-electron chi connectivity index (χ0n) is 10.7. The fourth-order valence-electron chi connectivity index (χ4n) is 2.60. The summed E-state index contributed by atoms with van der Waals surface area (Å²) in [4.78, 5) is 4.49. The number of nitrogens with one attached hydrogen (secondary N) is 1. The number of hydrogen-bond donors (Lipinski definition) is 1. The van der Waals surface area contributed by atoms with Crippen LogP contribution in [0.1, 0.15) is 24.8 Å². The van der Waals surface area contributed by atoms with E-state index in [0.29, 0.717) is 0 Å². The molecule has 1 N–H and O–H groups in total. The van der Waals surface area contributed by atoms with E-state index in [9.17, 15) is 0 Å². The molecular weight excluding hydrogens is 220 g/mol. The normalized spacial score (nSPS) is 15.8. The van der Waals surface area contributed by atoms with Crippen molar-refractivity contribution in [3.8, 4) is 0 Å². The number of para-hydroxylation sites is 1. The minimum absolute atomic E-state index is 0.940. The van der Waals surface area contributed by atoms with Gasteiger partial charge in [-0.05, 0) is 49.9 Å². The summed E-state index contributed by atoms with van der Waals surface area (Å²) in [6.45, 7) is 2.25. The molecule has 1 heterocycles. The van der Waals surface area contributed by atoms with E-state index in [1.54, 1.807) is 0 Å². The average molecular weight is 240 g/mol. The van der Waals surface area contributed by atoms with Gasteiger partial charge in [-0.2, -0.15) is 0 Å². The summed E-state index contributed by atoms with van der Waals surface area (Å²) in [6, 6.07) is 10.6. The van der Waals surface area contributed by atoms with E-state index in [0.717, 1.165) is 24.4 Å². The number of aromatic nitrogens is 1. The minimum Gasteiger partial charge on any atom is -0.316 e. The van der Waals surface area contributed by atoms with Gasteiger partial charge in [0.05, 0.1) is 5.52 Å². The Morgan fingerprint density at radius 2 is 2.06 bits per heavy atom. The first kappa shape index (κ1) is 11.7. The van der Waals surface area contributed by atoms with E-state index in [-0.39, 0.29) is 0 Å². The molecule has 0 saturated heterocycles. The van der Waals surface area contributed by atoms with E-state index in [1.807, 2.05) is 12.3 Å². The number of benzene rings is 1. The monoisotopic (exact) mass is 240 g/mol. The summed E-state index contributed by atoms with van der Waals surface area (Å²) in [5.41, 5.74) is 2.51. The van der Waals surface area contributed by atoms with E-state index in [2.05, 4.69) is 34.6 Å². The third-order valence-electron chi connectivity index (χ3n) is 3.95. The molecule has 1 aromatic heterocycles. The van der Waals surface area contributed by atoms with Crippen LogP contribution in [0.5, 0.6) is 0 Å². The Morgan fingerprint density at radius 1 is 1.17 bits per heavy atom. The second-order valence-corrected chi connectivity index (χ2v) is 5.24. The average Bonchev–Trinajstić information content (AvgIpc) is 2.36. The summed E-state index contributed by atoms with van der Waals surface area (Å²) >= 11 is 0. The smallest absolute Gasteiger partial charge is 0.0734 e. The molecule has 1 aliphatic rings. The molecular formula is C16H20N2. The second kappa shape index (κ2) is 5.49. The molecule has 2 heteroatoms. The second-order valence-electron chi connectivity index (χ2n) is 5.24. The largest absolute Gasteiger partial charge is 0.316 e. The van der Waals surface area contributed by atoms with Gasteiger partial charge in [-0.25, -0.2) is 0 Å². The molecule has 0 radical (unpaired) electrons. The predicted octanol–water partition coefficient (Wildman–Crippen LogP) is 3.17. The summed E-state index contributed by atoms with van der Waals surface area (Å²) in [5.74, 6) is 0.940. The van der Waals surface area contributed by atoms with Crippen molar-refractivity contribution in [3.63, 3.8) is 0 Å². The Hall–Kier alpha value is -1.41. The van der Waals surface area contributed by atoms with Gasteiger partial charge >= 0.3 is 0 Å². The molecule has 0 unspecified atom stereocenters. The maximum Gasteiger partial charge on any atom is 0.0734 e. The van der Waals surface area contributed by atoms with Crippen LogP contribution in [-0.4, -0.2) is 18.1 Å². The topological polar surface area (TPSA) is 24.9 Å². The number of fused-ring (bicyclic) bond motifs is 1. The van der Waals surface area contributed by atoms with Gasteiger partial charge in [-0.3, -0.25) is 4.98 Å². The molecule has 94 valence electrons. The lowest BCUT2D eigenvalue weighted by Gasteiger charge is -2.25. The molecule has 0 amide bonds. The summed E-state index contributed by atoms with van der Waals surface area (Å²) in [5, 5.41) is 4.82. The lowest BCUT2D eigenvalue weighted by molar-refractivity contribution is 0.303. The highest BCUT2D eigenvalue weighted by Crippen LogP contribution is 2.25. The van der Waals surface area contributed by atoms with Gasteiger partial charge in [0.2, 0.25) is 0 Å². The third kappa shape index (κ3) is 2.54. The Morgan fingerprint density at radius 3 is 2.89 bits per heavy atom. The molecule has 1 fully saturated rings. The van der Waals surface area contributed by atoms with Gasteiger partial charge < -0.3 is 5.32 Å². The highest BCUT2D eigenvalue weighted by atomic mass is 14.9. The fourth-order valence-corrected chi connectivity index (χ4v) is 2.60. The van der Waals surface area contributed by atoms with Crippen LogP contribution in [0.25, 0.3) is 10.9 Å². The molecule has 0 spiro atoms.